The van der Waals surface area contributed by atoms with Crippen molar-refractivity contribution < 1.29 is 0 Å². The summed E-state index contributed by atoms with van der Waals surface area (Å²) in [7, 11) is 0. The van der Waals surface area contributed by atoms with Gasteiger partial charge in [-0.25, -0.2) is 0 Å². The summed E-state index contributed by atoms with van der Waals surface area (Å²) < 4.78 is 0. The molecular formula is C18H25N. The van der Waals surface area contributed by atoms with Crippen LogP contribution in [0.4, 0.5) is 0 Å². The van der Waals surface area contributed by atoms with E-state index >= 15 is 0 Å². The zero-order chi connectivity index (χ0) is 13.2. The quantitative estimate of drug-likeness (QED) is 0.730. The zero-order valence-corrected chi connectivity index (χ0v) is 11.9. The van der Waals surface area contributed by atoms with Crippen molar-refractivity contribution in [2.45, 2.75) is 39.0 Å². The van der Waals surface area contributed by atoms with Crippen LogP contribution in [0.3, 0.4) is 0 Å². The van der Waals surface area contributed by atoms with Crippen molar-refractivity contribution in [2.24, 2.45) is 29.4 Å². The fourth-order valence-electron chi connectivity index (χ4n) is 3.85. The molecule has 19 heavy (non-hydrogen) atoms. The van der Waals surface area contributed by atoms with Gasteiger partial charge >= 0.3 is 0 Å². The highest BCUT2D eigenvalue weighted by Gasteiger charge is 2.28. The molecular weight excluding hydrogens is 230 g/mol. The van der Waals surface area contributed by atoms with Crippen LogP contribution in [0.15, 0.2) is 47.7 Å². The van der Waals surface area contributed by atoms with E-state index in [2.05, 4.69) is 43.4 Å². The third kappa shape index (κ3) is 2.70. The molecule has 0 radical (unpaired) electrons. The molecule has 0 saturated heterocycles. The summed E-state index contributed by atoms with van der Waals surface area (Å²) in [6.07, 6.45) is 20.5. The molecule has 0 aromatic carbocycles. The average molecular weight is 255 g/mol. The van der Waals surface area contributed by atoms with Gasteiger partial charge in [0.05, 0.1) is 0 Å². The van der Waals surface area contributed by atoms with Gasteiger partial charge in [0.15, 0.2) is 0 Å². The van der Waals surface area contributed by atoms with E-state index in [0.29, 0.717) is 17.8 Å². The molecule has 0 amide bonds. The molecule has 3 rings (SSSR count). The molecule has 0 bridgehead atoms. The number of hydrogen-bond donors (Lipinski definition) is 1. The van der Waals surface area contributed by atoms with Gasteiger partial charge in [0, 0.05) is 5.70 Å². The number of nitrogens with two attached hydrogens (primary N) is 1. The Kier molecular flexibility index (Phi) is 3.63. The van der Waals surface area contributed by atoms with E-state index in [9.17, 15) is 0 Å². The first kappa shape index (κ1) is 12.8. The van der Waals surface area contributed by atoms with Gasteiger partial charge in [0.25, 0.3) is 0 Å². The Labute approximate surface area is 117 Å². The smallest absolute Gasteiger partial charge is 0.00432 e. The summed E-state index contributed by atoms with van der Waals surface area (Å²) in [4.78, 5) is 0. The number of hydrogen-bond acceptors (Lipinski definition) is 1. The fraction of sp³-hybridized carbons (Fsp3) is 0.556. The highest BCUT2D eigenvalue weighted by atomic mass is 14.6. The highest BCUT2D eigenvalue weighted by Crippen LogP contribution is 2.39. The Morgan fingerprint density at radius 3 is 2.68 bits per heavy atom. The van der Waals surface area contributed by atoms with Gasteiger partial charge in [0.1, 0.15) is 0 Å². The summed E-state index contributed by atoms with van der Waals surface area (Å²) in [5.74, 6) is 2.73. The Morgan fingerprint density at radius 1 is 1.16 bits per heavy atom. The van der Waals surface area contributed by atoms with Crippen molar-refractivity contribution in [3.8, 4) is 0 Å². The first-order valence-corrected chi connectivity index (χ1v) is 7.75. The van der Waals surface area contributed by atoms with Gasteiger partial charge in [-0.1, -0.05) is 43.4 Å². The van der Waals surface area contributed by atoms with Crippen LogP contribution in [-0.2, 0) is 0 Å². The maximum atomic E-state index is 5.94. The normalized spacial score (nSPS) is 38.2. The van der Waals surface area contributed by atoms with Crippen LogP contribution in [0.2, 0.25) is 0 Å². The summed E-state index contributed by atoms with van der Waals surface area (Å²) in [6, 6.07) is 0. The molecule has 1 heteroatoms. The van der Waals surface area contributed by atoms with E-state index in [1.165, 1.54) is 25.7 Å². The summed E-state index contributed by atoms with van der Waals surface area (Å²) in [5, 5.41) is 0. The van der Waals surface area contributed by atoms with Crippen LogP contribution >= 0.6 is 0 Å². The van der Waals surface area contributed by atoms with E-state index in [-0.39, 0.29) is 0 Å². The van der Waals surface area contributed by atoms with Crippen molar-refractivity contribution in [3.05, 3.63) is 47.7 Å². The molecule has 3 aliphatic rings. The van der Waals surface area contributed by atoms with Crippen LogP contribution < -0.4 is 5.73 Å². The van der Waals surface area contributed by atoms with Gasteiger partial charge in [-0.15, -0.1) is 0 Å². The molecule has 2 N–H and O–H groups in total. The molecule has 1 nitrogen and oxygen atoms in total. The molecule has 3 aliphatic carbocycles. The first-order chi connectivity index (χ1) is 9.24. The maximum Gasteiger partial charge on any atom is 0.00432 e. The standard InChI is InChI=1S/C18H25N/c1-13-11-15(14-5-3-2-4-6-14)8-10-18(13)16-7-9-17(19)12-16/h2-3,8,10-14,16,18H,4-7,9,19H2,1H3. The number of allylic oxidation sites excluding steroid dienone is 8. The lowest BCUT2D eigenvalue weighted by Crippen LogP contribution is -2.20. The molecule has 102 valence electrons. The van der Waals surface area contributed by atoms with E-state index in [1.807, 2.05) is 0 Å². The molecule has 0 aromatic rings. The monoisotopic (exact) mass is 255 g/mol. The zero-order valence-electron chi connectivity index (χ0n) is 11.9. The summed E-state index contributed by atoms with van der Waals surface area (Å²) >= 11 is 0. The Bertz CT molecular complexity index is 452. The van der Waals surface area contributed by atoms with Crippen LogP contribution in [0, 0.1) is 23.7 Å². The Balaban J connectivity index is 1.69. The molecule has 0 fully saturated rings. The average Bonchev–Trinajstić information content (AvgIpc) is 2.86. The predicted octanol–water partition coefficient (Wildman–Crippen LogP) is 4.34. The summed E-state index contributed by atoms with van der Waals surface area (Å²) in [5.41, 5.74) is 8.60. The lowest BCUT2D eigenvalue weighted by molar-refractivity contribution is 0.378. The minimum Gasteiger partial charge on any atom is -0.402 e. The topological polar surface area (TPSA) is 26.0 Å². The van der Waals surface area contributed by atoms with Crippen molar-refractivity contribution in [1.29, 1.82) is 0 Å². The molecule has 4 atom stereocenters. The molecule has 0 aliphatic heterocycles. The van der Waals surface area contributed by atoms with E-state index in [4.69, 9.17) is 5.73 Å². The van der Waals surface area contributed by atoms with Gasteiger partial charge in [-0.05, 0) is 61.3 Å². The Hall–Kier alpha value is -1.24. The highest BCUT2D eigenvalue weighted by molar-refractivity contribution is 5.30. The SMILES string of the molecule is CC1C=C(C2CC=CCC2)C=CC1C1C=C(N)CC1. The minimum atomic E-state index is 0.651. The van der Waals surface area contributed by atoms with Gasteiger partial charge in [0.2, 0.25) is 0 Å². The van der Waals surface area contributed by atoms with Gasteiger partial charge in [-0.3, -0.25) is 0 Å². The summed E-state index contributed by atoms with van der Waals surface area (Å²) in [6.45, 7) is 2.37. The van der Waals surface area contributed by atoms with Crippen molar-refractivity contribution >= 4 is 0 Å². The van der Waals surface area contributed by atoms with Crippen molar-refractivity contribution in [1.82, 2.24) is 0 Å². The van der Waals surface area contributed by atoms with Gasteiger partial charge < -0.3 is 5.73 Å². The maximum absolute atomic E-state index is 5.94. The second-order valence-electron chi connectivity index (χ2n) is 6.39. The molecule has 0 saturated carbocycles. The second-order valence-corrected chi connectivity index (χ2v) is 6.39. The molecule has 4 unspecified atom stereocenters. The van der Waals surface area contributed by atoms with E-state index in [0.717, 1.165) is 18.0 Å². The van der Waals surface area contributed by atoms with Crippen LogP contribution in [0.25, 0.3) is 0 Å². The fourth-order valence-corrected chi connectivity index (χ4v) is 3.85. The van der Waals surface area contributed by atoms with Crippen LogP contribution in [0.5, 0.6) is 0 Å². The van der Waals surface area contributed by atoms with Crippen LogP contribution in [-0.4, -0.2) is 0 Å². The Morgan fingerprint density at radius 2 is 2.05 bits per heavy atom. The minimum absolute atomic E-state index is 0.651. The van der Waals surface area contributed by atoms with Gasteiger partial charge in [-0.2, -0.15) is 0 Å². The van der Waals surface area contributed by atoms with Crippen molar-refractivity contribution in [3.63, 3.8) is 0 Å². The molecule has 0 spiro atoms. The third-order valence-corrected chi connectivity index (χ3v) is 5.00. The lowest BCUT2D eigenvalue weighted by atomic mass is 9.75. The van der Waals surface area contributed by atoms with E-state index in [1.54, 1.807) is 5.57 Å². The number of rotatable bonds is 2. The second kappa shape index (κ2) is 5.40. The predicted molar refractivity (Wildman–Crippen MR) is 81.4 cm³/mol. The lowest BCUT2D eigenvalue weighted by Gasteiger charge is -2.30. The van der Waals surface area contributed by atoms with E-state index < -0.39 is 0 Å². The molecule has 0 aromatic heterocycles. The third-order valence-electron chi connectivity index (χ3n) is 5.00. The molecule has 0 heterocycles. The van der Waals surface area contributed by atoms with Crippen molar-refractivity contribution in [2.75, 3.05) is 0 Å². The van der Waals surface area contributed by atoms with Crippen LogP contribution in [0.1, 0.15) is 39.0 Å². The largest absolute Gasteiger partial charge is 0.402 e. The first-order valence-electron chi connectivity index (χ1n) is 7.75.